The number of halogens is 1. The molecule has 1 aromatic heterocycles. The quantitative estimate of drug-likeness (QED) is 0.711. The number of aromatic nitrogens is 2. The molecule has 1 N–H and O–H groups in total. The van der Waals surface area contributed by atoms with Gasteiger partial charge < -0.3 is 10.2 Å². The molecule has 7 heteroatoms. The van der Waals surface area contributed by atoms with Crippen LogP contribution in [0, 0.1) is 0 Å². The summed E-state index contributed by atoms with van der Waals surface area (Å²) in [6.07, 6.45) is 1.60. The second-order valence-corrected chi connectivity index (χ2v) is 6.45. The van der Waals surface area contributed by atoms with Gasteiger partial charge in [0, 0.05) is 23.7 Å². The van der Waals surface area contributed by atoms with Crippen LogP contribution in [0.4, 0.5) is 5.82 Å². The SMILES string of the molecule is CN(CC(=O)Nc1ccnn1Cc1ccccc1Cl)C(=O)c1ccccc1. The third-order valence-electron chi connectivity index (χ3n) is 4.01. The minimum atomic E-state index is -0.303. The van der Waals surface area contributed by atoms with Crippen LogP contribution in [0.25, 0.3) is 0 Å². The number of benzene rings is 2. The number of nitrogens with zero attached hydrogens (tertiary/aromatic N) is 3. The monoisotopic (exact) mass is 382 g/mol. The fraction of sp³-hybridized carbons (Fsp3) is 0.150. The summed E-state index contributed by atoms with van der Waals surface area (Å²) < 4.78 is 1.65. The molecule has 0 saturated heterocycles. The van der Waals surface area contributed by atoms with E-state index in [1.165, 1.54) is 4.90 Å². The van der Waals surface area contributed by atoms with E-state index in [0.29, 0.717) is 22.9 Å². The Morgan fingerprint density at radius 3 is 2.52 bits per heavy atom. The predicted octanol–water partition coefficient (Wildman–Crippen LogP) is 3.30. The van der Waals surface area contributed by atoms with Crippen LogP contribution in [0.3, 0.4) is 0 Å². The smallest absolute Gasteiger partial charge is 0.254 e. The molecular weight excluding hydrogens is 364 g/mol. The standard InChI is InChI=1S/C20H19ClN4O2/c1-24(20(27)15-7-3-2-4-8-15)14-19(26)23-18-11-12-22-25(18)13-16-9-5-6-10-17(16)21/h2-12H,13-14H2,1H3,(H,23,26). The molecule has 0 spiro atoms. The predicted molar refractivity (Wildman–Crippen MR) is 105 cm³/mol. The summed E-state index contributed by atoms with van der Waals surface area (Å²) in [4.78, 5) is 26.1. The van der Waals surface area contributed by atoms with Crippen LogP contribution in [0.2, 0.25) is 5.02 Å². The lowest BCUT2D eigenvalue weighted by atomic mass is 10.2. The Bertz CT molecular complexity index is 940. The van der Waals surface area contributed by atoms with E-state index in [2.05, 4.69) is 10.4 Å². The number of amides is 2. The first-order valence-electron chi connectivity index (χ1n) is 8.40. The number of nitrogens with one attached hydrogen (secondary N) is 1. The van der Waals surface area contributed by atoms with Crippen molar-refractivity contribution in [2.45, 2.75) is 6.54 Å². The summed E-state index contributed by atoms with van der Waals surface area (Å²) in [6.45, 7) is 0.367. The van der Waals surface area contributed by atoms with E-state index in [4.69, 9.17) is 11.6 Å². The van der Waals surface area contributed by atoms with E-state index < -0.39 is 0 Å². The zero-order valence-electron chi connectivity index (χ0n) is 14.8. The van der Waals surface area contributed by atoms with Gasteiger partial charge in [-0.1, -0.05) is 48.0 Å². The summed E-state index contributed by atoms with van der Waals surface area (Å²) in [5, 5.41) is 7.66. The molecular formula is C20H19ClN4O2. The van der Waals surface area contributed by atoms with Crippen molar-refractivity contribution >= 4 is 29.2 Å². The molecule has 0 fully saturated rings. The summed E-state index contributed by atoms with van der Waals surface area (Å²) in [5.74, 6) is 0.0264. The highest BCUT2D eigenvalue weighted by Crippen LogP contribution is 2.18. The molecule has 2 aromatic carbocycles. The first kappa shape index (κ1) is 18.7. The van der Waals surface area contributed by atoms with E-state index in [1.54, 1.807) is 48.3 Å². The lowest BCUT2D eigenvalue weighted by Gasteiger charge is -2.17. The van der Waals surface area contributed by atoms with Crippen LogP contribution in [-0.2, 0) is 11.3 Å². The first-order chi connectivity index (χ1) is 13.0. The van der Waals surface area contributed by atoms with Gasteiger partial charge >= 0.3 is 0 Å². The van der Waals surface area contributed by atoms with Crippen molar-refractivity contribution in [3.63, 3.8) is 0 Å². The van der Waals surface area contributed by atoms with Crippen molar-refractivity contribution in [3.05, 3.63) is 83.0 Å². The first-order valence-corrected chi connectivity index (χ1v) is 8.78. The zero-order valence-corrected chi connectivity index (χ0v) is 15.6. The summed E-state index contributed by atoms with van der Waals surface area (Å²) in [7, 11) is 1.59. The second kappa shape index (κ2) is 8.51. The van der Waals surface area contributed by atoms with Gasteiger partial charge in [-0.15, -0.1) is 0 Å². The molecule has 3 aromatic rings. The molecule has 0 bridgehead atoms. The number of anilines is 1. The third kappa shape index (κ3) is 4.74. The normalized spacial score (nSPS) is 10.4. The number of hydrogen-bond donors (Lipinski definition) is 1. The Morgan fingerprint density at radius 2 is 1.78 bits per heavy atom. The van der Waals surface area contributed by atoms with Crippen molar-refractivity contribution in [2.24, 2.45) is 0 Å². The average molecular weight is 383 g/mol. The Balaban J connectivity index is 1.63. The lowest BCUT2D eigenvalue weighted by molar-refractivity contribution is -0.116. The third-order valence-corrected chi connectivity index (χ3v) is 4.38. The Hall–Kier alpha value is -3.12. The van der Waals surface area contributed by atoms with Crippen molar-refractivity contribution in [1.82, 2.24) is 14.7 Å². The van der Waals surface area contributed by atoms with E-state index in [0.717, 1.165) is 5.56 Å². The number of likely N-dealkylation sites (N-methyl/N-ethyl adjacent to an activating group) is 1. The van der Waals surface area contributed by atoms with Crippen LogP contribution in [-0.4, -0.2) is 40.1 Å². The van der Waals surface area contributed by atoms with E-state index in [1.807, 2.05) is 30.3 Å². The van der Waals surface area contributed by atoms with Gasteiger partial charge in [-0.2, -0.15) is 5.10 Å². The van der Waals surface area contributed by atoms with Crippen LogP contribution in [0.1, 0.15) is 15.9 Å². The van der Waals surface area contributed by atoms with Gasteiger partial charge in [0.05, 0.1) is 19.3 Å². The largest absolute Gasteiger partial charge is 0.332 e. The molecule has 138 valence electrons. The number of carbonyl (C=O) groups excluding carboxylic acids is 2. The van der Waals surface area contributed by atoms with Crippen molar-refractivity contribution in [2.75, 3.05) is 18.9 Å². The maximum absolute atomic E-state index is 12.4. The zero-order chi connectivity index (χ0) is 19.2. The maximum atomic E-state index is 12.4. The highest BCUT2D eigenvalue weighted by atomic mass is 35.5. The average Bonchev–Trinajstić information content (AvgIpc) is 3.10. The molecule has 0 aliphatic carbocycles. The van der Waals surface area contributed by atoms with Gasteiger partial charge in [0.15, 0.2) is 0 Å². The topological polar surface area (TPSA) is 67.2 Å². The number of hydrogen-bond acceptors (Lipinski definition) is 3. The van der Waals surface area contributed by atoms with E-state index in [-0.39, 0.29) is 18.4 Å². The second-order valence-electron chi connectivity index (χ2n) is 6.04. The molecule has 0 radical (unpaired) electrons. The van der Waals surface area contributed by atoms with Gasteiger partial charge in [-0.05, 0) is 23.8 Å². The summed E-state index contributed by atoms with van der Waals surface area (Å²) in [5.41, 5.74) is 1.44. The summed E-state index contributed by atoms with van der Waals surface area (Å²) in [6, 6.07) is 18.0. The van der Waals surface area contributed by atoms with Gasteiger partial charge in [-0.3, -0.25) is 9.59 Å². The Labute approximate surface area is 162 Å². The molecule has 2 amide bonds. The maximum Gasteiger partial charge on any atom is 0.254 e. The van der Waals surface area contributed by atoms with E-state index >= 15 is 0 Å². The minimum absolute atomic E-state index is 0.0645. The fourth-order valence-electron chi connectivity index (χ4n) is 2.62. The van der Waals surface area contributed by atoms with Gasteiger partial charge in [0.25, 0.3) is 5.91 Å². The molecule has 0 atom stereocenters. The Kier molecular flexibility index (Phi) is 5.88. The van der Waals surface area contributed by atoms with Gasteiger partial charge in [0.1, 0.15) is 5.82 Å². The fourth-order valence-corrected chi connectivity index (χ4v) is 2.82. The van der Waals surface area contributed by atoms with Crippen LogP contribution < -0.4 is 5.32 Å². The molecule has 27 heavy (non-hydrogen) atoms. The Morgan fingerprint density at radius 1 is 1.07 bits per heavy atom. The van der Waals surface area contributed by atoms with E-state index in [9.17, 15) is 9.59 Å². The highest BCUT2D eigenvalue weighted by Gasteiger charge is 2.16. The number of rotatable bonds is 6. The van der Waals surface area contributed by atoms with Gasteiger partial charge in [-0.25, -0.2) is 4.68 Å². The molecule has 1 heterocycles. The molecule has 6 nitrogen and oxygen atoms in total. The molecule has 0 aliphatic rings. The molecule has 3 rings (SSSR count). The van der Waals surface area contributed by atoms with Crippen LogP contribution in [0.15, 0.2) is 66.9 Å². The number of carbonyl (C=O) groups is 2. The van der Waals surface area contributed by atoms with Crippen molar-refractivity contribution in [1.29, 1.82) is 0 Å². The van der Waals surface area contributed by atoms with Crippen LogP contribution in [0.5, 0.6) is 0 Å². The minimum Gasteiger partial charge on any atom is -0.332 e. The summed E-state index contributed by atoms with van der Waals surface area (Å²) >= 11 is 6.19. The van der Waals surface area contributed by atoms with Crippen molar-refractivity contribution < 1.29 is 9.59 Å². The van der Waals surface area contributed by atoms with Crippen LogP contribution >= 0.6 is 11.6 Å². The molecule has 0 aliphatic heterocycles. The molecule has 0 saturated carbocycles. The molecule has 0 unspecified atom stereocenters. The lowest BCUT2D eigenvalue weighted by Crippen LogP contribution is -2.35. The highest BCUT2D eigenvalue weighted by molar-refractivity contribution is 6.31. The van der Waals surface area contributed by atoms with Crippen molar-refractivity contribution in [3.8, 4) is 0 Å². The van der Waals surface area contributed by atoms with Gasteiger partial charge in [0.2, 0.25) is 5.91 Å².